The Morgan fingerprint density at radius 1 is 1.18 bits per heavy atom. The quantitative estimate of drug-likeness (QED) is 0.796. The third kappa shape index (κ3) is 4.62. The van der Waals surface area contributed by atoms with Gasteiger partial charge in [0.15, 0.2) is 0 Å². The summed E-state index contributed by atoms with van der Waals surface area (Å²) in [4.78, 5) is 25.2. The molecular weight excluding hydrogens is 371 g/mol. The number of nitrogens with zero attached hydrogens (tertiary/aromatic N) is 1. The van der Waals surface area contributed by atoms with Crippen LogP contribution in [0.5, 0.6) is 0 Å². The molecule has 0 aliphatic carbocycles. The Morgan fingerprint density at radius 2 is 1.93 bits per heavy atom. The van der Waals surface area contributed by atoms with Crippen LogP contribution in [0.3, 0.4) is 0 Å². The lowest BCUT2D eigenvalue weighted by atomic mass is 10.1. The first kappa shape index (κ1) is 19.3. The minimum absolute atomic E-state index is 0.00857. The van der Waals surface area contributed by atoms with Gasteiger partial charge in [0, 0.05) is 29.9 Å². The molecule has 0 radical (unpaired) electrons. The first-order chi connectivity index (χ1) is 13.3. The van der Waals surface area contributed by atoms with Gasteiger partial charge in [-0.3, -0.25) is 9.69 Å². The highest BCUT2D eigenvalue weighted by atomic mass is 19.4. The molecule has 1 aliphatic heterocycles. The number of amides is 3. The van der Waals surface area contributed by atoms with Crippen LogP contribution in [-0.4, -0.2) is 31.6 Å². The van der Waals surface area contributed by atoms with E-state index in [4.69, 9.17) is 0 Å². The summed E-state index contributed by atoms with van der Waals surface area (Å²) in [6, 6.07) is 11.1. The van der Waals surface area contributed by atoms with Crippen molar-refractivity contribution in [3.8, 4) is 11.8 Å². The van der Waals surface area contributed by atoms with Gasteiger partial charge in [0.25, 0.3) is 5.91 Å². The standard InChI is InChI=1S/C20H16F3N3O2/c21-20(22,23)16-5-1-4-15(13-16)18(27)24-10-2-3-14-6-8-17(9-7-14)26-12-11-25-19(26)28/h1,4-9,13H,10-12H2,(H,24,27)(H,25,28). The molecule has 5 nitrogen and oxygen atoms in total. The number of halogens is 3. The van der Waals surface area contributed by atoms with Gasteiger partial charge in [-0.2, -0.15) is 13.2 Å². The highest BCUT2D eigenvalue weighted by Gasteiger charge is 2.30. The summed E-state index contributed by atoms with van der Waals surface area (Å²) in [6.07, 6.45) is -4.50. The first-order valence-electron chi connectivity index (χ1n) is 8.44. The van der Waals surface area contributed by atoms with Crippen LogP contribution in [0.25, 0.3) is 0 Å². The van der Waals surface area contributed by atoms with Crippen LogP contribution in [0.1, 0.15) is 21.5 Å². The molecule has 28 heavy (non-hydrogen) atoms. The van der Waals surface area contributed by atoms with Gasteiger partial charge in [0.1, 0.15) is 0 Å². The van der Waals surface area contributed by atoms with Gasteiger partial charge in [0.2, 0.25) is 0 Å². The average Bonchev–Trinajstić information content (AvgIpc) is 3.11. The second-order valence-electron chi connectivity index (χ2n) is 5.99. The summed E-state index contributed by atoms with van der Waals surface area (Å²) < 4.78 is 38.1. The van der Waals surface area contributed by atoms with E-state index >= 15 is 0 Å². The van der Waals surface area contributed by atoms with Crippen molar-refractivity contribution in [1.82, 2.24) is 10.6 Å². The van der Waals surface area contributed by atoms with Crippen LogP contribution < -0.4 is 15.5 Å². The maximum Gasteiger partial charge on any atom is 0.416 e. The number of hydrogen-bond acceptors (Lipinski definition) is 2. The maximum atomic E-state index is 12.7. The smallest absolute Gasteiger partial charge is 0.341 e. The van der Waals surface area contributed by atoms with Crippen molar-refractivity contribution in [1.29, 1.82) is 0 Å². The van der Waals surface area contributed by atoms with Crippen molar-refractivity contribution in [3.63, 3.8) is 0 Å². The zero-order valence-corrected chi connectivity index (χ0v) is 14.6. The van der Waals surface area contributed by atoms with Crippen molar-refractivity contribution in [2.45, 2.75) is 6.18 Å². The molecule has 2 N–H and O–H groups in total. The Labute approximate surface area is 159 Å². The Morgan fingerprint density at radius 3 is 2.57 bits per heavy atom. The van der Waals surface area contributed by atoms with E-state index in [2.05, 4.69) is 22.5 Å². The molecule has 1 aliphatic rings. The summed E-state index contributed by atoms with van der Waals surface area (Å²) in [5, 5.41) is 5.19. The van der Waals surface area contributed by atoms with Gasteiger partial charge >= 0.3 is 12.2 Å². The Kier molecular flexibility index (Phi) is 5.54. The number of nitrogens with one attached hydrogen (secondary N) is 2. The summed E-state index contributed by atoms with van der Waals surface area (Å²) in [7, 11) is 0. The molecule has 1 heterocycles. The number of carbonyl (C=O) groups is 2. The molecule has 8 heteroatoms. The van der Waals surface area contributed by atoms with E-state index in [0.29, 0.717) is 18.7 Å². The molecule has 1 saturated heterocycles. The second-order valence-corrected chi connectivity index (χ2v) is 5.99. The Hall–Kier alpha value is -3.47. The minimum atomic E-state index is -4.50. The van der Waals surface area contributed by atoms with E-state index in [9.17, 15) is 22.8 Å². The van der Waals surface area contributed by atoms with E-state index in [1.807, 2.05) is 0 Å². The van der Waals surface area contributed by atoms with Crippen LogP contribution in [0, 0.1) is 11.8 Å². The molecule has 3 amide bonds. The number of anilines is 1. The zero-order chi connectivity index (χ0) is 20.1. The molecule has 144 valence electrons. The first-order valence-corrected chi connectivity index (χ1v) is 8.44. The van der Waals surface area contributed by atoms with Gasteiger partial charge in [0.05, 0.1) is 12.1 Å². The van der Waals surface area contributed by atoms with E-state index in [0.717, 1.165) is 17.8 Å². The molecule has 2 aromatic carbocycles. The van der Waals surface area contributed by atoms with Crippen LogP contribution in [0.15, 0.2) is 48.5 Å². The number of rotatable bonds is 3. The lowest BCUT2D eigenvalue weighted by molar-refractivity contribution is -0.137. The number of carbonyl (C=O) groups excluding carboxylic acids is 2. The second kappa shape index (κ2) is 8.05. The third-order valence-electron chi connectivity index (χ3n) is 4.06. The van der Waals surface area contributed by atoms with Crippen molar-refractivity contribution in [3.05, 3.63) is 65.2 Å². The van der Waals surface area contributed by atoms with E-state index in [1.165, 1.54) is 12.1 Å². The average molecular weight is 387 g/mol. The van der Waals surface area contributed by atoms with Gasteiger partial charge < -0.3 is 10.6 Å². The zero-order valence-electron chi connectivity index (χ0n) is 14.6. The topological polar surface area (TPSA) is 61.4 Å². The van der Waals surface area contributed by atoms with Gasteiger partial charge in [-0.05, 0) is 42.5 Å². The van der Waals surface area contributed by atoms with Crippen molar-refractivity contribution in [2.24, 2.45) is 0 Å². The molecule has 0 unspecified atom stereocenters. The van der Waals surface area contributed by atoms with Crippen LogP contribution in [0.2, 0.25) is 0 Å². The van der Waals surface area contributed by atoms with Crippen molar-refractivity contribution >= 4 is 17.6 Å². The monoisotopic (exact) mass is 387 g/mol. The summed E-state index contributed by atoms with van der Waals surface area (Å²) in [6.45, 7) is 1.20. The Balaban J connectivity index is 1.56. The number of benzene rings is 2. The van der Waals surface area contributed by atoms with E-state index in [1.54, 1.807) is 29.2 Å². The fourth-order valence-corrected chi connectivity index (χ4v) is 2.65. The van der Waals surface area contributed by atoms with E-state index < -0.39 is 17.6 Å². The Bertz CT molecular complexity index is 944. The fourth-order valence-electron chi connectivity index (χ4n) is 2.65. The molecule has 0 bridgehead atoms. The summed E-state index contributed by atoms with van der Waals surface area (Å²) in [5.74, 6) is 4.97. The summed E-state index contributed by atoms with van der Waals surface area (Å²) >= 11 is 0. The molecule has 0 spiro atoms. The molecular formula is C20H16F3N3O2. The molecule has 1 fully saturated rings. The minimum Gasteiger partial charge on any atom is -0.341 e. The third-order valence-corrected chi connectivity index (χ3v) is 4.06. The predicted molar refractivity (Wildman–Crippen MR) is 97.8 cm³/mol. The van der Waals surface area contributed by atoms with Crippen molar-refractivity contribution < 1.29 is 22.8 Å². The van der Waals surface area contributed by atoms with Crippen LogP contribution >= 0.6 is 0 Å². The van der Waals surface area contributed by atoms with Crippen LogP contribution in [0.4, 0.5) is 23.7 Å². The highest BCUT2D eigenvalue weighted by molar-refractivity contribution is 5.94. The SMILES string of the molecule is O=C(NCC#Cc1ccc(N2CCNC2=O)cc1)c1cccc(C(F)(F)F)c1. The predicted octanol–water partition coefficient (Wildman–Crippen LogP) is 3.02. The van der Waals surface area contributed by atoms with E-state index in [-0.39, 0.29) is 18.1 Å². The highest BCUT2D eigenvalue weighted by Crippen LogP contribution is 2.29. The fraction of sp³-hybridized carbons (Fsp3) is 0.200. The van der Waals surface area contributed by atoms with Gasteiger partial charge in [-0.25, -0.2) is 4.79 Å². The molecule has 0 atom stereocenters. The lowest BCUT2D eigenvalue weighted by Gasteiger charge is -2.13. The largest absolute Gasteiger partial charge is 0.416 e. The molecule has 0 aromatic heterocycles. The van der Waals surface area contributed by atoms with Crippen molar-refractivity contribution in [2.75, 3.05) is 24.5 Å². The maximum absolute atomic E-state index is 12.7. The van der Waals surface area contributed by atoms with Crippen LogP contribution in [-0.2, 0) is 6.18 Å². The van der Waals surface area contributed by atoms with Gasteiger partial charge in [-0.15, -0.1) is 0 Å². The normalized spacial score (nSPS) is 13.5. The molecule has 3 rings (SSSR count). The van der Waals surface area contributed by atoms with Gasteiger partial charge in [-0.1, -0.05) is 17.9 Å². The molecule has 2 aromatic rings. The number of alkyl halides is 3. The lowest BCUT2D eigenvalue weighted by Crippen LogP contribution is -2.27. The summed E-state index contributed by atoms with van der Waals surface area (Å²) in [5.41, 5.74) is 0.498. The number of urea groups is 1. The molecule has 0 saturated carbocycles. The number of hydrogen-bond donors (Lipinski definition) is 2.